The first-order valence-electron chi connectivity index (χ1n) is 6.85. The molecule has 0 radical (unpaired) electrons. The van der Waals surface area contributed by atoms with E-state index >= 15 is 0 Å². The van der Waals surface area contributed by atoms with Crippen LogP contribution in [0, 0.1) is 5.41 Å². The maximum atomic E-state index is 12.5. The van der Waals surface area contributed by atoms with E-state index in [9.17, 15) is 8.42 Å². The second-order valence-corrected chi connectivity index (χ2v) is 8.99. The van der Waals surface area contributed by atoms with Crippen LogP contribution in [0.4, 0.5) is 0 Å². The fourth-order valence-corrected chi connectivity index (χ4v) is 4.98. The minimum absolute atomic E-state index is 0.0785. The molecule has 2 atom stereocenters. The van der Waals surface area contributed by atoms with Crippen LogP contribution in [-0.2, 0) is 19.5 Å². The highest BCUT2D eigenvalue weighted by molar-refractivity contribution is 7.89. The summed E-state index contributed by atoms with van der Waals surface area (Å²) in [5.74, 6) is 0.170. The smallest absolute Gasteiger partial charge is 0.214 e. The van der Waals surface area contributed by atoms with Gasteiger partial charge in [0.2, 0.25) is 10.0 Å². The van der Waals surface area contributed by atoms with Crippen LogP contribution in [0.15, 0.2) is 0 Å². The summed E-state index contributed by atoms with van der Waals surface area (Å²) < 4.78 is 38.0. The molecular formula is C13H25NO4S. The molecule has 0 N–H and O–H groups in total. The van der Waals surface area contributed by atoms with Gasteiger partial charge in [0.25, 0.3) is 0 Å². The topological polar surface area (TPSA) is 55.8 Å². The fourth-order valence-electron chi connectivity index (χ4n) is 2.83. The average Bonchev–Trinajstić information content (AvgIpc) is 2.61. The molecule has 1 spiro atoms. The first kappa shape index (κ1) is 15.2. The van der Waals surface area contributed by atoms with E-state index in [2.05, 4.69) is 0 Å². The molecule has 2 aliphatic rings. The van der Waals surface area contributed by atoms with Gasteiger partial charge in [-0.3, -0.25) is 0 Å². The van der Waals surface area contributed by atoms with Crippen LogP contribution < -0.4 is 0 Å². The largest absolute Gasteiger partial charge is 0.378 e. The Labute approximate surface area is 116 Å². The Morgan fingerprint density at radius 3 is 2.58 bits per heavy atom. The molecule has 2 heterocycles. The van der Waals surface area contributed by atoms with Crippen LogP contribution in [0.1, 0.15) is 34.1 Å². The first-order chi connectivity index (χ1) is 8.62. The van der Waals surface area contributed by atoms with Crippen molar-refractivity contribution in [3.8, 4) is 0 Å². The van der Waals surface area contributed by atoms with Crippen LogP contribution in [0.25, 0.3) is 0 Å². The lowest BCUT2D eigenvalue weighted by molar-refractivity contribution is -0.130. The summed E-state index contributed by atoms with van der Waals surface area (Å²) >= 11 is 0. The predicted molar refractivity (Wildman–Crippen MR) is 73.5 cm³/mol. The minimum atomic E-state index is -3.24. The van der Waals surface area contributed by atoms with Crippen molar-refractivity contribution in [2.75, 3.05) is 32.1 Å². The summed E-state index contributed by atoms with van der Waals surface area (Å²) in [5.41, 5.74) is -0.664. The van der Waals surface area contributed by atoms with E-state index in [1.807, 2.05) is 27.7 Å². The molecule has 2 fully saturated rings. The van der Waals surface area contributed by atoms with Gasteiger partial charge in [-0.15, -0.1) is 0 Å². The van der Waals surface area contributed by atoms with Gasteiger partial charge in [-0.1, -0.05) is 20.8 Å². The van der Waals surface area contributed by atoms with Crippen molar-refractivity contribution < 1.29 is 17.9 Å². The normalized spacial score (nSPS) is 34.0. The van der Waals surface area contributed by atoms with Crippen molar-refractivity contribution in [3.05, 3.63) is 0 Å². The molecule has 6 heteroatoms. The molecule has 112 valence electrons. The lowest BCUT2D eigenvalue weighted by Crippen LogP contribution is -2.57. The van der Waals surface area contributed by atoms with Crippen molar-refractivity contribution in [1.82, 2.24) is 4.31 Å². The Hall–Kier alpha value is -0.170. The molecule has 0 aliphatic carbocycles. The highest BCUT2D eigenvalue weighted by atomic mass is 32.2. The molecule has 5 nitrogen and oxygen atoms in total. The number of nitrogens with zero attached hydrogens (tertiary/aromatic N) is 1. The zero-order valence-corrected chi connectivity index (χ0v) is 13.1. The third-order valence-electron chi connectivity index (χ3n) is 3.45. The summed E-state index contributed by atoms with van der Waals surface area (Å²) in [4.78, 5) is 0. The summed E-state index contributed by atoms with van der Waals surface area (Å²) in [7, 11) is -3.24. The summed E-state index contributed by atoms with van der Waals surface area (Å²) in [5, 5.41) is 0. The molecule has 0 bridgehead atoms. The van der Waals surface area contributed by atoms with E-state index < -0.39 is 15.6 Å². The van der Waals surface area contributed by atoms with Crippen LogP contribution in [0.3, 0.4) is 0 Å². The Balaban J connectivity index is 2.15. The minimum Gasteiger partial charge on any atom is -0.378 e. The number of hydrogen-bond acceptors (Lipinski definition) is 4. The Kier molecular flexibility index (Phi) is 3.99. The molecule has 0 saturated carbocycles. The number of rotatable bonds is 2. The second-order valence-electron chi connectivity index (χ2n) is 7.02. The van der Waals surface area contributed by atoms with Crippen LogP contribution in [-0.4, -0.2) is 56.5 Å². The molecule has 2 saturated heterocycles. The Bertz CT molecular complexity index is 420. The van der Waals surface area contributed by atoms with E-state index in [1.165, 1.54) is 0 Å². The predicted octanol–water partition coefficient (Wildman–Crippen LogP) is 1.24. The van der Waals surface area contributed by atoms with Gasteiger partial charge in [-0.05, 0) is 12.3 Å². The van der Waals surface area contributed by atoms with Crippen LogP contribution >= 0.6 is 0 Å². The maximum Gasteiger partial charge on any atom is 0.214 e. The standard InChI is InChI=1S/C13H25NO4S/c1-11-7-14(19(15,16)10-12(2,3)4)8-13(18-11)5-6-17-9-13/h11H,5-10H2,1-4H3/t11-,13+/m0/s1. The molecule has 0 aromatic rings. The van der Waals surface area contributed by atoms with Gasteiger partial charge in [0, 0.05) is 26.1 Å². The van der Waals surface area contributed by atoms with E-state index in [0.717, 1.165) is 6.42 Å². The van der Waals surface area contributed by atoms with Crippen molar-refractivity contribution in [2.45, 2.75) is 45.8 Å². The van der Waals surface area contributed by atoms with E-state index in [1.54, 1.807) is 4.31 Å². The van der Waals surface area contributed by atoms with Crippen molar-refractivity contribution in [3.63, 3.8) is 0 Å². The maximum absolute atomic E-state index is 12.5. The third-order valence-corrected chi connectivity index (χ3v) is 5.75. The third kappa shape index (κ3) is 3.68. The average molecular weight is 291 g/mol. The summed E-state index contributed by atoms with van der Waals surface area (Å²) in [6.07, 6.45) is 0.698. The van der Waals surface area contributed by atoms with Gasteiger partial charge in [0.1, 0.15) is 5.60 Å². The molecule has 0 unspecified atom stereocenters. The second kappa shape index (κ2) is 4.98. The molecule has 0 aromatic heterocycles. The number of morpholine rings is 1. The zero-order valence-electron chi connectivity index (χ0n) is 12.3. The molecule has 19 heavy (non-hydrogen) atoms. The first-order valence-corrected chi connectivity index (χ1v) is 8.46. The summed E-state index contributed by atoms with van der Waals surface area (Å²) in [6.45, 7) is 9.79. The molecule has 2 aliphatic heterocycles. The van der Waals surface area contributed by atoms with Crippen molar-refractivity contribution in [1.29, 1.82) is 0 Å². The monoisotopic (exact) mass is 291 g/mol. The molecular weight excluding hydrogens is 266 g/mol. The molecule has 0 amide bonds. The van der Waals surface area contributed by atoms with E-state index in [0.29, 0.717) is 26.3 Å². The number of ether oxygens (including phenoxy) is 2. The lowest BCUT2D eigenvalue weighted by Gasteiger charge is -2.42. The Morgan fingerprint density at radius 1 is 1.37 bits per heavy atom. The van der Waals surface area contributed by atoms with Gasteiger partial charge < -0.3 is 9.47 Å². The van der Waals surface area contributed by atoms with E-state index in [-0.39, 0.29) is 17.3 Å². The van der Waals surface area contributed by atoms with Gasteiger partial charge >= 0.3 is 0 Å². The summed E-state index contributed by atoms with van der Waals surface area (Å²) in [6, 6.07) is 0. The highest BCUT2D eigenvalue weighted by Crippen LogP contribution is 2.32. The van der Waals surface area contributed by atoms with Crippen molar-refractivity contribution in [2.24, 2.45) is 5.41 Å². The highest BCUT2D eigenvalue weighted by Gasteiger charge is 2.46. The van der Waals surface area contributed by atoms with Gasteiger partial charge in [0.05, 0.1) is 18.5 Å². The van der Waals surface area contributed by atoms with Gasteiger partial charge in [-0.2, -0.15) is 4.31 Å². The van der Waals surface area contributed by atoms with Crippen LogP contribution in [0.2, 0.25) is 0 Å². The zero-order chi connectivity index (χ0) is 14.3. The quantitative estimate of drug-likeness (QED) is 0.768. The van der Waals surface area contributed by atoms with Gasteiger partial charge in [0.15, 0.2) is 0 Å². The number of sulfonamides is 1. The fraction of sp³-hybridized carbons (Fsp3) is 1.00. The van der Waals surface area contributed by atoms with Crippen LogP contribution in [0.5, 0.6) is 0 Å². The number of hydrogen-bond donors (Lipinski definition) is 0. The molecule has 0 aromatic carbocycles. The SMILES string of the molecule is C[C@H]1CN(S(=O)(=O)CC(C)(C)C)C[C@@]2(CCOC2)O1. The van der Waals surface area contributed by atoms with Gasteiger partial charge in [-0.25, -0.2) is 8.42 Å². The van der Waals surface area contributed by atoms with E-state index in [4.69, 9.17) is 9.47 Å². The van der Waals surface area contributed by atoms with Crippen molar-refractivity contribution >= 4 is 10.0 Å². The molecule has 2 rings (SSSR count). The Morgan fingerprint density at radius 2 is 2.05 bits per heavy atom. The lowest BCUT2D eigenvalue weighted by atomic mass is 10.0.